The quantitative estimate of drug-likeness (QED) is 0.350. The molecule has 0 aromatic rings. The van der Waals surface area contributed by atoms with Gasteiger partial charge in [-0.05, 0) is 40.0 Å². The Balaban J connectivity index is 3.94. The second-order valence-corrected chi connectivity index (χ2v) is 4.38. The van der Waals surface area contributed by atoms with E-state index in [-0.39, 0.29) is 6.04 Å². The molecule has 1 amide bonds. The molecule has 0 atom stereocenters. The van der Waals surface area contributed by atoms with Crippen LogP contribution in [0.2, 0.25) is 0 Å². The molecule has 0 aliphatic carbocycles. The van der Waals surface area contributed by atoms with Crippen LogP contribution in [0.25, 0.3) is 0 Å². The Bertz CT molecular complexity index is 241. The fourth-order valence-corrected chi connectivity index (χ4v) is 1.40. The summed E-state index contributed by atoms with van der Waals surface area (Å²) in [4.78, 5) is 12.6. The van der Waals surface area contributed by atoms with Crippen LogP contribution in [0.5, 0.6) is 0 Å². The molecule has 92 valence electrons. The summed E-state index contributed by atoms with van der Waals surface area (Å²) in [6.45, 7) is 9.04. The van der Waals surface area contributed by atoms with Crippen molar-refractivity contribution < 1.29 is 4.79 Å². The fourth-order valence-electron chi connectivity index (χ4n) is 1.40. The van der Waals surface area contributed by atoms with Crippen molar-refractivity contribution in [2.45, 2.75) is 53.0 Å². The Morgan fingerprint density at radius 2 is 1.94 bits per heavy atom. The molecule has 0 saturated carbocycles. The summed E-state index contributed by atoms with van der Waals surface area (Å²) in [5, 5.41) is 0. The van der Waals surface area contributed by atoms with Crippen LogP contribution in [-0.4, -0.2) is 23.9 Å². The van der Waals surface area contributed by atoms with Crippen LogP contribution < -0.4 is 0 Å². The van der Waals surface area contributed by atoms with Crippen LogP contribution >= 0.6 is 0 Å². The molecule has 2 heteroatoms. The molecule has 0 radical (unpaired) electrons. The van der Waals surface area contributed by atoms with E-state index in [4.69, 9.17) is 0 Å². The summed E-state index contributed by atoms with van der Waals surface area (Å²) >= 11 is 0. The first-order valence-corrected chi connectivity index (χ1v) is 6.13. The molecule has 0 bridgehead atoms. The molecule has 2 nitrogen and oxygen atoms in total. The van der Waals surface area contributed by atoms with Gasteiger partial charge in [0.05, 0.1) is 0 Å². The molecule has 0 fully saturated rings. The van der Waals surface area contributed by atoms with Gasteiger partial charge < -0.3 is 4.90 Å². The van der Waals surface area contributed by atoms with E-state index in [1.54, 1.807) is 0 Å². The lowest BCUT2D eigenvalue weighted by Crippen LogP contribution is -2.30. The van der Waals surface area contributed by atoms with Crippen molar-refractivity contribution in [2.24, 2.45) is 0 Å². The molecule has 0 rings (SSSR count). The SMILES string of the molecule is CC/C=C\CC/C=C(/C)CN(C=O)C(C)C. The Morgan fingerprint density at radius 3 is 2.44 bits per heavy atom. The van der Waals surface area contributed by atoms with Gasteiger partial charge in [-0.3, -0.25) is 4.79 Å². The minimum Gasteiger partial charge on any atom is -0.339 e. The number of amides is 1. The Hall–Kier alpha value is -1.05. The molecule has 0 heterocycles. The lowest BCUT2D eigenvalue weighted by atomic mass is 10.2. The highest BCUT2D eigenvalue weighted by molar-refractivity contribution is 5.48. The third-order valence-corrected chi connectivity index (χ3v) is 2.46. The Kier molecular flexibility index (Phi) is 8.59. The van der Waals surface area contributed by atoms with E-state index < -0.39 is 0 Å². The van der Waals surface area contributed by atoms with Crippen molar-refractivity contribution in [3.63, 3.8) is 0 Å². The smallest absolute Gasteiger partial charge is 0.210 e. The number of unbranched alkanes of at least 4 members (excludes halogenated alkanes) is 1. The normalized spacial score (nSPS) is 12.4. The Morgan fingerprint density at radius 1 is 1.25 bits per heavy atom. The molecule has 0 unspecified atom stereocenters. The lowest BCUT2D eigenvalue weighted by Gasteiger charge is -2.21. The standard InChI is InChI=1S/C14H25NO/c1-5-6-7-8-9-10-14(4)11-15(12-16)13(2)3/h6-7,10,12-13H,5,8-9,11H2,1-4H3/b7-6-,14-10-. The average Bonchev–Trinajstić information content (AvgIpc) is 2.25. The largest absolute Gasteiger partial charge is 0.339 e. The molecule has 0 aromatic heterocycles. The number of carbonyl (C=O) groups is 1. The molecule has 0 saturated heterocycles. The van der Waals surface area contributed by atoms with Gasteiger partial charge in [-0.15, -0.1) is 0 Å². The highest BCUT2D eigenvalue weighted by Gasteiger charge is 2.05. The van der Waals surface area contributed by atoms with Gasteiger partial charge in [0.2, 0.25) is 6.41 Å². The summed E-state index contributed by atoms with van der Waals surface area (Å²) < 4.78 is 0. The molecule has 0 aliphatic heterocycles. The number of hydrogen-bond donors (Lipinski definition) is 0. The highest BCUT2D eigenvalue weighted by atomic mass is 16.1. The van der Waals surface area contributed by atoms with Crippen molar-refractivity contribution in [2.75, 3.05) is 6.54 Å². The maximum Gasteiger partial charge on any atom is 0.210 e. The van der Waals surface area contributed by atoms with E-state index in [0.717, 1.165) is 32.2 Å². The minimum absolute atomic E-state index is 0.279. The molecule has 0 spiro atoms. The van der Waals surface area contributed by atoms with Gasteiger partial charge in [0, 0.05) is 12.6 Å². The summed E-state index contributed by atoms with van der Waals surface area (Å²) in [6, 6.07) is 0.279. The van der Waals surface area contributed by atoms with Crippen molar-refractivity contribution in [1.29, 1.82) is 0 Å². The van der Waals surface area contributed by atoms with E-state index >= 15 is 0 Å². The van der Waals surface area contributed by atoms with Crippen LogP contribution in [0.3, 0.4) is 0 Å². The zero-order chi connectivity index (χ0) is 12.4. The second-order valence-electron chi connectivity index (χ2n) is 4.38. The third-order valence-electron chi connectivity index (χ3n) is 2.46. The van der Waals surface area contributed by atoms with Crippen LogP contribution in [0.1, 0.15) is 47.0 Å². The van der Waals surface area contributed by atoms with Gasteiger partial charge in [-0.2, -0.15) is 0 Å². The summed E-state index contributed by atoms with van der Waals surface area (Å²) in [5.74, 6) is 0. The van der Waals surface area contributed by atoms with Crippen molar-refractivity contribution in [1.82, 2.24) is 4.90 Å². The van der Waals surface area contributed by atoms with Crippen LogP contribution in [-0.2, 0) is 4.79 Å². The van der Waals surface area contributed by atoms with Gasteiger partial charge in [0.25, 0.3) is 0 Å². The third kappa shape index (κ3) is 7.27. The van der Waals surface area contributed by atoms with Crippen LogP contribution in [0.4, 0.5) is 0 Å². The number of allylic oxidation sites excluding steroid dienone is 3. The monoisotopic (exact) mass is 223 g/mol. The van der Waals surface area contributed by atoms with Crippen LogP contribution in [0, 0.1) is 0 Å². The molecular formula is C14H25NO. The molecule has 0 aliphatic rings. The predicted molar refractivity (Wildman–Crippen MR) is 70.3 cm³/mol. The van der Waals surface area contributed by atoms with E-state index in [9.17, 15) is 4.79 Å². The van der Waals surface area contributed by atoms with Crippen LogP contribution in [0.15, 0.2) is 23.8 Å². The van der Waals surface area contributed by atoms with Crippen molar-refractivity contribution in [3.05, 3.63) is 23.8 Å². The minimum atomic E-state index is 0.279. The van der Waals surface area contributed by atoms with Crippen molar-refractivity contribution in [3.8, 4) is 0 Å². The van der Waals surface area contributed by atoms with Gasteiger partial charge in [0.1, 0.15) is 0 Å². The average molecular weight is 223 g/mol. The first-order valence-electron chi connectivity index (χ1n) is 6.13. The van der Waals surface area contributed by atoms with E-state index in [0.29, 0.717) is 0 Å². The summed E-state index contributed by atoms with van der Waals surface area (Å²) in [6.07, 6.45) is 10.8. The van der Waals surface area contributed by atoms with Gasteiger partial charge in [-0.25, -0.2) is 0 Å². The molecule has 0 aromatic carbocycles. The molecular weight excluding hydrogens is 198 g/mol. The van der Waals surface area contributed by atoms with Gasteiger partial charge >= 0.3 is 0 Å². The number of rotatable bonds is 8. The molecule has 0 N–H and O–H groups in total. The number of nitrogens with zero attached hydrogens (tertiary/aromatic N) is 1. The predicted octanol–water partition coefficient (Wildman–Crippen LogP) is 3.55. The highest BCUT2D eigenvalue weighted by Crippen LogP contribution is 2.04. The van der Waals surface area contributed by atoms with E-state index in [2.05, 4.69) is 32.1 Å². The summed E-state index contributed by atoms with van der Waals surface area (Å²) in [7, 11) is 0. The second kappa shape index (κ2) is 9.20. The van der Waals surface area contributed by atoms with E-state index in [1.165, 1.54) is 5.57 Å². The Labute approximate surface area is 100 Å². The number of hydrogen-bond acceptors (Lipinski definition) is 1. The maximum atomic E-state index is 10.8. The fraction of sp³-hybridized carbons (Fsp3) is 0.643. The zero-order valence-corrected chi connectivity index (χ0v) is 11.1. The van der Waals surface area contributed by atoms with Gasteiger partial charge in [0.15, 0.2) is 0 Å². The summed E-state index contributed by atoms with van der Waals surface area (Å²) in [5.41, 5.74) is 1.27. The van der Waals surface area contributed by atoms with Gasteiger partial charge in [-0.1, -0.05) is 30.7 Å². The molecule has 16 heavy (non-hydrogen) atoms. The van der Waals surface area contributed by atoms with E-state index in [1.807, 2.05) is 18.7 Å². The number of carbonyl (C=O) groups excluding carboxylic acids is 1. The van der Waals surface area contributed by atoms with Crippen molar-refractivity contribution >= 4 is 6.41 Å². The first-order chi connectivity index (χ1) is 7.61. The maximum absolute atomic E-state index is 10.8. The zero-order valence-electron chi connectivity index (χ0n) is 11.1. The topological polar surface area (TPSA) is 20.3 Å². The first kappa shape index (κ1) is 14.9. The lowest BCUT2D eigenvalue weighted by molar-refractivity contribution is -0.119.